The predicted octanol–water partition coefficient (Wildman–Crippen LogP) is 1.85. The fraction of sp³-hybridized carbons (Fsp3) is 0.857. The van der Waals surface area contributed by atoms with Gasteiger partial charge in [-0.2, -0.15) is 0 Å². The zero-order valence-corrected chi connectivity index (χ0v) is 13.5. The first-order chi connectivity index (χ1) is 10.1. The molecular weight excluding hydrogens is 292 g/mol. The van der Waals surface area contributed by atoms with Gasteiger partial charge in [-0.25, -0.2) is 9.59 Å². The molecular formula is C14H24N2O4S. The minimum absolute atomic E-state index is 0.0217. The molecule has 0 saturated carbocycles. The Balaban J connectivity index is 2.10. The van der Waals surface area contributed by atoms with Crippen molar-refractivity contribution in [2.24, 2.45) is 0 Å². The number of carbonyl (C=O) groups is 2. The second-order valence-corrected chi connectivity index (χ2v) is 6.78. The number of carbonyl (C=O) groups excluding carboxylic acids is 1. The van der Waals surface area contributed by atoms with Gasteiger partial charge in [0, 0.05) is 26.0 Å². The third-order valence-corrected chi connectivity index (χ3v) is 5.47. The summed E-state index contributed by atoms with van der Waals surface area (Å²) in [6.45, 7) is 3.30. The van der Waals surface area contributed by atoms with Crippen LogP contribution in [0.3, 0.4) is 0 Å². The van der Waals surface area contributed by atoms with E-state index in [1.807, 2.05) is 0 Å². The van der Waals surface area contributed by atoms with Crippen LogP contribution in [0.4, 0.5) is 4.79 Å². The monoisotopic (exact) mass is 316 g/mol. The van der Waals surface area contributed by atoms with Crippen LogP contribution >= 0.6 is 11.8 Å². The molecule has 0 aliphatic carbocycles. The van der Waals surface area contributed by atoms with Crippen molar-refractivity contribution < 1.29 is 19.4 Å². The number of urea groups is 1. The molecule has 6 nitrogen and oxygen atoms in total. The van der Waals surface area contributed by atoms with Gasteiger partial charge in [-0.05, 0) is 19.3 Å². The predicted molar refractivity (Wildman–Crippen MR) is 81.4 cm³/mol. The normalized spacial score (nSPS) is 29.7. The highest BCUT2D eigenvalue weighted by atomic mass is 32.2. The van der Waals surface area contributed by atoms with E-state index in [1.54, 1.807) is 28.7 Å². The Morgan fingerprint density at radius 2 is 2.19 bits per heavy atom. The van der Waals surface area contributed by atoms with E-state index in [0.29, 0.717) is 18.8 Å². The lowest BCUT2D eigenvalue weighted by Gasteiger charge is -2.37. The molecule has 2 saturated heterocycles. The highest BCUT2D eigenvalue weighted by Gasteiger charge is 2.43. The molecule has 21 heavy (non-hydrogen) atoms. The summed E-state index contributed by atoms with van der Waals surface area (Å²) in [4.78, 5) is 27.5. The molecule has 7 heteroatoms. The Morgan fingerprint density at radius 1 is 1.43 bits per heavy atom. The number of nitrogens with zero attached hydrogens (tertiary/aromatic N) is 2. The summed E-state index contributed by atoms with van der Waals surface area (Å²) in [7, 11) is 1.66. The summed E-state index contributed by atoms with van der Waals surface area (Å²) < 4.78 is 5.35. The SMILES string of the molecule is CCCC1SCC(C(=O)O)N1C(=O)N1CCCC(OC)C1. The van der Waals surface area contributed by atoms with E-state index in [2.05, 4.69) is 6.92 Å². The van der Waals surface area contributed by atoms with Gasteiger partial charge in [0.1, 0.15) is 6.04 Å². The topological polar surface area (TPSA) is 70.1 Å². The van der Waals surface area contributed by atoms with Gasteiger partial charge in [0.25, 0.3) is 0 Å². The zero-order chi connectivity index (χ0) is 15.4. The number of amides is 2. The summed E-state index contributed by atoms with van der Waals surface area (Å²) in [5.74, 6) is -0.428. The van der Waals surface area contributed by atoms with Crippen LogP contribution in [0.5, 0.6) is 0 Å². The zero-order valence-electron chi connectivity index (χ0n) is 12.7. The van der Waals surface area contributed by atoms with Crippen LogP contribution in [0, 0.1) is 0 Å². The van der Waals surface area contributed by atoms with Crippen molar-refractivity contribution in [2.75, 3.05) is 26.0 Å². The summed E-state index contributed by atoms with van der Waals surface area (Å²) in [6.07, 6.45) is 3.69. The first-order valence-electron chi connectivity index (χ1n) is 7.53. The Labute approximate surface area is 129 Å². The van der Waals surface area contributed by atoms with Crippen molar-refractivity contribution in [3.05, 3.63) is 0 Å². The maximum Gasteiger partial charge on any atom is 0.327 e. The van der Waals surface area contributed by atoms with Crippen LogP contribution in [-0.2, 0) is 9.53 Å². The van der Waals surface area contributed by atoms with Crippen LogP contribution < -0.4 is 0 Å². The van der Waals surface area contributed by atoms with Crippen molar-refractivity contribution in [1.82, 2.24) is 9.80 Å². The van der Waals surface area contributed by atoms with Gasteiger partial charge in [0.05, 0.1) is 11.5 Å². The highest BCUT2D eigenvalue weighted by molar-refractivity contribution is 8.00. The molecule has 2 rings (SSSR count). The number of carboxylic acids is 1. The molecule has 0 aromatic heterocycles. The number of methoxy groups -OCH3 is 1. The molecule has 0 spiro atoms. The molecule has 3 unspecified atom stereocenters. The third kappa shape index (κ3) is 3.63. The number of piperidine rings is 1. The number of ether oxygens (including phenoxy) is 1. The molecule has 2 aliphatic heterocycles. The van der Waals surface area contributed by atoms with Crippen molar-refractivity contribution in [2.45, 2.75) is 50.1 Å². The second kappa shape index (κ2) is 7.35. The summed E-state index contributed by atoms with van der Waals surface area (Å²) in [6, 6.07) is -0.852. The number of likely N-dealkylation sites (tertiary alicyclic amines) is 1. The summed E-state index contributed by atoms with van der Waals surface area (Å²) in [5.41, 5.74) is 0. The average Bonchev–Trinajstić information content (AvgIpc) is 2.91. The lowest BCUT2D eigenvalue weighted by molar-refractivity contribution is -0.141. The maximum atomic E-state index is 12.8. The maximum absolute atomic E-state index is 12.8. The van der Waals surface area contributed by atoms with Gasteiger partial charge in [-0.3, -0.25) is 4.90 Å². The Bertz CT molecular complexity index is 393. The van der Waals surface area contributed by atoms with Crippen LogP contribution in [0.2, 0.25) is 0 Å². The molecule has 2 heterocycles. The number of hydrogen-bond donors (Lipinski definition) is 1. The number of rotatable bonds is 4. The minimum Gasteiger partial charge on any atom is -0.480 e. The van der Waals surface area contributed by atoms with E-state index in [-0.39, 0.29) is 17.5 Å². The number of thioether (sulfide) groups is 1. The standard InChI is InChI=1S/C14H24N2O4S/c1-3-5-12-16(11(9-21-12)13(17)18)14(19)15-7-4-6-10(8-15)20-2/h10-12H,3-9H2,1-2H3,(H,17,18). The quantitative estimate of drug-likeness (QED) is 0.857. The highest BCUT2D eigenvalue weighted by Crippen LogP contribution is 2.33. The number of hydrogen-bond acceptors (Lipinski definition) is 4. The van der Waals surface area contributed by atoms with E-state index < -0.39 is 12.0 Å². The largest absolute Gasteiger partial charge is 0.480 e. The van der Waals surface area contributed by atoms with E-state index in [9.17, 15) is 14.7 Å². The van der Waals surface area contributed by atoms with Crippen LogP contribution in [0.25, 0.3) is 0 Å². The van der Waals surface area contributed by atoms with Gasteiger partial charge < -0.3 is 14.7 Å². The molecule has 0 aromatic carbocycles. The van der Waals surface area contributed by atoms with Gasteiger partial charge in [-0.1, -0.05) is 13.3 Å². The van der Waals surface area contributed by atoms with E-state index in [4.69, 9.17) is 4.74 Å². The first-order valence-corrected chi connectivity index (χ1v) is 8.57. The fourth-order valence-corrected chi connectivity index (χ4v) is 4.45. The van der Waals surface area contributed by atoms with E-state index in [0.717, 1.165) is 25.7 Å². The molecule has 2 amide bonds. The fourth-order valence-electron chi connectivity index (χ4n) is 2.95. The smallest absolute Gasteiger partial charge is 0.327 e. The molecule has 120 valence electrons. The third-order valence-electron chi connectivity index (χ3n) is 4.12. The first kappa shape index (κ1) is 16.4. The Kier molecular flexibility index (Phi) is 5.75. The minimum atomic E-state index is -0.908. The lowest BCUT2D eigenvalue weighted by atomic mass is 10.1. The van der Waals surface area contributed by atoms with Gasteiger partial charge in [-0.15, -0.1) is 11.8 Å². The molecule has 0 radical (unpaired) electrons. The summed E-state index contributed by atoms with van der Waals surface area (Å²) >= 11 is 1.58. The molecule has 2 aliphatic rings. The second-order valence-electron chi connectivity index (χ2n) is 5.57. The van der Waals surface area contributed by atoms with Gasteiger partial charge >= 0.3 is 12.0 Å². The molecule has 3 atom stereocenters. The Morgan fingerprint density at radius 3 is 2.81 bits per heavy atom. The molecule has 0 bridgehead atoms. The van der Waals surface area contributed by atoms with Gasteiger partial charge in [0.15, 0.2) is 0 Å². The van der Waals surface area contributed by atoms with Gasteiger partial charge in [0.2, 0.25) is 0 Å². The Hall–Kier alpha value is -0.950. The molecule has 0 aromatic rings. The molecule has 1 N–H and O–H groups in total. The molecule has 2 fully saturated rings. The van der Waals surface area contributed by atoms with Crippen molar-refractivity contribution in [1.29, 1.82) is 0 Å². The van der Waals surface area contributed by atoms with Crippen molar-refractivity contribution in [3.63, 3.8) is 0 Å². The number of carboxylic acid groups (broad SMARTS) is 1. The van der Waals surface area contributed by atoms with E-state index >= 15 is 0 Å². The van der Waals surface area contributed by atoms with E-state index in [1.165, 1.54) is 0 Å². The lowest BCUT2D eigenvalue weighted by Crippen LogP contribution is -2.54. The van der Waals surface area contributed by atoms with Crippen LogP contribution in [-0.4, -0.2) is 70.4 Å². The summed E-state index contributed by atoms with van der Waals surface area (Å²) in [5, 5.41) is 9.34. The number of aliphatic carboxylic acids is 1. The van der Waals surface area contributed by atoms with Crippen LogP contribution in [0.15, 0.2) is 0 Å². The van der Waals surface area contributed by atoms with Crippen molar-refractivity contribution >= 4 is 23.8 Å². The average molecular weight is 316 g/mol. The van der Waals surface area contributed by atoms with Crippen molar-refractivity contribution in [3.8, 4) is 0 Å². The van der Waals surface area contributed by atoms with Crippen LogP contribution in [0.1, 0.15) is 32.6 Å².